The Bertz CT molecular complexity index is 530. The van der Waals surface area contributed by atoms with Crippen LogP contribution in [0.2, 0.25) is 0 Å². The van der Waals surface area contributed by atoms with E-state index in [9.17, 15) is 0 Å². The molecule has 3 rings (SSSR count). The number of fused-ring (bicyclic) bond motifs is 1. The van der Waals surface area contributed by atoms with Crippen LogP contribution in [-0.2, 0) is 5.41 Å². The van der Waals surface area contributed by atoms with Crippen molar-refractivity contribution in [1.29, 1.82) is 5.26 Å². The molecule has 4 heteroatoms. The van der Waals surface area contributed by atoms with Gasteiger partial charge in [0.15, 0.2) is 0 Å². The third-order valence-electron chi connectivity index (χ3n) is 2.74. The van der Waals surface area contributed by atoms with Crippen molar-refractivity contribution >= 4 is 5.52 Å². The Hall–Kier alpha value is -1.89. The van der Waals surface area contributed by atoms with Crippen LogP contribution in [0.3, 0.4) is 0 Å². The van der Waals surface area contributed by atoms with Gasteiger partial charge in [0.25, 0.3) is 0 Å². The topological polar surface area (TPSA) is 54.0 Å². The van der Waals surface area contributed by atoms with Crippen molar-refractivity contribution in [3.05, 3.63) is 30.4 Å². The number of hydrogen-bond acceptors (Lipinski definition) is 3. The van der Waals surface area contributed by atoms with Crippen molar-refractivity contribution in [2.45, 2.75) is 18.3 Å². The second kappa shape index (κ2) is 2.32. The van der Waals surface area contributed by atoms with Gasteiger partial charge in [-0.2, -0.15) is 10.4 Å². The van der Waals surface area contributed by atoms with Crippen molar-refractivity contribution in [3.63, 3.8) is 0 Å². The summed E-state index contributed by atoms with van der Waals surface area (Å²) < 4.78 is 1.76. The van der Waals surface area contributed by atoms with E-state index in [1.165, 1.54) is 0 Å². The summed E-state index contributed by atoms with van der Waals surface area (Å²) in [6, 6.07) is 4.25. The minimum atomic E-state index is -0.331. The maximum absolute atomic E-state index is 9.09. The molecule has 0 spiro atoms. The molecule has 0 amide bonds. The van der Waals surface area contributed by atoms with Crippen molar-refractivity contribution in [3.8, 4) is 6.07 Å². The fraction of sp³-hybridized carbons (Fsp3) is 0.300. The highest BCUT2D eigenvalue weighted by Gasteiger charge is 2.47. The minimum absolute atomic E-state index is 0.331. The minimum Gasteiger partial charge on any atom is -0.256 e. The van der Waals surface area contributed by atoms with E-state index in [0.717, 1.165) is 24.1 Å². The smallest absolute Gasteiger partial charge is 0.102 e. The molecule has 14 heavy (non-hydrogen) atoms. The Kier molecular flexibility index (Phi) is 1.25. The third kappa shape index (κ3) is 0.814. The highest BCUT2D eigenvalue weighted by atomic mass is 15.2. The molecule has 1 aliphatic rings. The van der Waals surface area contributed by atoms with Crippen LogP contribution in [0.5, 0.6) is 0 Å². The average Bonchev–Trinajstić information content (AvgIpc) is 2.87. The zero-order valence-corrected chi connectivity index (χ0v) is 7.51. The first-order chi connectivity index (χ1) is 6.86. The van der Waals surface area contributed by atoms with Crippen molar-refractivity contribution < 1.29 is 0 Å². The lowest BCUT2D eigenvalue weighted by Crippen LogP contribution is -2.08. The maximum atomic E-state index is 9.09. The number of nitrogens with zero attached hydrogens (tertiary/aromatic N) is 4. The normalized spacial score (nSPS) is 17.9. The zero-order valence-electron chi connectivity index (χ0n) is 7.51. The summed E-state index contributed by atoms with van der Waals surface area (Å²) in [5.41, 5.74) is 1.49. The lowest BCUT2D eigenvalue weighted by atomic mass is 10.0. The Balaban J connectivity index is 2.32. The van der Waals surface area contributed by atoms with Gasteiger partial charge < -0.3 is 0 Å². The maximum Gasteiger partial charge on any atom is 0.102 e. The largest absolute Gasteiger partial charge is 0.256 e. The lowest BCUT2D eigenvalue weighted by molar-refractivity contribution is 0.832. The number of rotatable bonds is 1. The molecule has 0 aromatic carbocycles. The van der Waals surface area contributed by atoms with Crippen molar-refractivity contribution in [2.24, 2.45) is 0 Å². The van der Waals surface area contributed by atoms with E-state index in [1.807, 2.05) is 6.07 Å². The molecule has 0 bridgehead atoms. The molecule has 0 atom stereocenters. The van der Waals surface area contributed by atoms with E-state index in [4.69, 9.17) is 5.26 Å². The molecule has 1 saturated carbocycles. The third-order valence-corrected chi connectivity index (χ3v) is 2.74. The van der Waals surface area contributed by atoms with E-state index in [-0.39, 0.29) is 5.41 Å². The summed E-state index contributed by atoms with van der Waals surface area (Å²) in [6.07, 6.45) is 7.07. The fourth-order valence-electron chi connectivity index (χ4n) is 1.75. The Labute approximate surface area is 80.8 Å². The van der Waals surface area contributed by atoms with Gasteiger partial charge in [-0.05, 0) is 18.9 Å². The molecule has 1 aliphatic carbocycles. The van der Waals surface area contributed by atoms with Gasteiger partial charge in [0.05, 0.1) is 23.5 Å². The summed E-state index contributed by atoms with van der Waals surface area (Å²) in [5, 5.41) is 13.2. The Morgan fingerprint density at radius 1 is 1.43 bits per heavy atom. The molecule has 0 unspecified atom stereocenters. The molecule has 2 heterocycles. The van der Waals surface area contributed by atoms with E-state index in [1.54, 1.807) is 23.1 Å². The average molecular weight is 184 g/mol. The molecule has 0 radical (unpaired) electrons. The van der Waals surface area contributed by atoms with Crippen LogP contribution in [0.15, 0.2) is 24.7 Å². The Morgan fingerprint density at radius 2 is 2.29 bits per heavy atom. The van der Waals surface area contributed by atoms with E-state index in [2.05, 4.69) is 16.2 Å². The van der Waals surface area contributed by atoms with Gasteiger partial charge in [-0.15, -0.1) is 0 Å². The number of hydrogen-bond donors (Lipinski definition) is 0. The molecular formula is C10H8N4. The quantitative estimate of drug-likeness (QED) is 0.670. The standard InChI is InChI=1S/C10H8N4/c11-7-10(2-3-10)9-8-1-4-13-14(8)6-5-12-9/h1,4-6H,2-3H2. The van der Waals surface area contributed by atoms with E-state index in [0.29, 0.717) is 0 Å². The lowest BCUT2D eigenvalue weighted by Gasteiger charge is -2.05. The monoisotopic (exact) mass is 184 g/mol. The van der Waals surface area contributed by atoms with Crippen LogP contribution in [0, 0.1) is 11.3 Å². The molecule has 0 aliphatic heterocycles. The molecule has 0 saturated heterocycles. The van der Waals surface area contributed by atoms with Gasteiger partial charge in [0.1, 0.15) is 5.41 Å². The van der Waals surface area contributed by atoms with Crippen LogP contribution in [0.1, 0.15) is 18.5 Å². The van der Waals surface area contributed by atoms with Crippen LogP contribution in [0.25, 0.3) is 5.52 Å². The fourth-order valence-corrected chi connectivity index (χ4v) is 1.75. The van der Waals surface area contributed by atoms with Crippen LogP contribution in [0.4, 0.5) is 0 Å². The van der Waals surface area contributed by atoms with Gasteiger partial charge in [0.2, 0.25) is 0 Å². The Morgan fingerprint density at radius 3 is 3.00 bits per heavy atom. The van der Waals surface area contributed by atoms with Gasteiger partial charge in [-0.25, -0.2) is 4.52 Å². The number of nitriles is 1. The second-order valence-corrected chi connectivity index (χ2v) is 3.63. The molecule has 2 aromatic rings. The van der Waals surface area contributed by atoms with Gasteiger partial charge in [-0.1, -0.05) is 0 Å². The first-order valence-electron chi connectivity index (χ1n) is 4.56. The summed E-state index contributed by atoms with van der Waals surface area (Å²) in [4.78, 5) is 4.30. The van der Waals surface area contributed by atoms with E-state index >= 15 is 0 Å². The van der Waals surface area contributed by atoms with Crippen LogP contribution >= 0.6 is 0 Å². The first-order valence-corrected chi connectivity index (χ1v) is 4.56. The molecule has 2 aromatic heterocycles. The van der Waals surface area contributed by atoms with Crippen molar-refractivity contribution in [1.82, 2.24) is 14.6 Å². The summed E-state index contributed by atoms with van der Waals surface area (Å²) in [6.45, 7) is 0. The SMILES string of the molecule is N#CC1(c2nccn3nccc23)CC1. The second-order valence-electron chi connectivity index (χ2n) is 3.63. The molecule has 68 valence electrons. The summed E-state index contributed by atoms with van der Waals surface area (Å²) >= 11 is 0. The van der Waals surface area contributed by atoms with Gasteiger partial charge in [0, 0.05) is 12.4 Å². The number of aromatic nitrogens is 3. The summed E-state index contributed by atoms with van der Waals surface area (Å²) in [5.74, 6) is 0. The predicted molar refractivity (Wildman–Crippen MR) is 49.5 cm³/mol. The summed E-state index contributed by atoms with van der Waals surface area (Å²) in [7, 11) is 0. The van der Waals surface area contributed by atoms with E-state index < -0.39 is 0 Å². The highest BCUT2D eigenvalue weighted by Crippen LogP contribution is 2.47. The molecule has 1 fully saturated rings. The first kappa shape index (κ1) is 7.51. The van der Waals surface area contributed by atoms with Gasteiger partial charge >= 0.3 is 0 Å². The predicted octanol–water partition coefficient (Wildman–Crippen LogP) is 1.28. The van der Waals surface area contributed by atoms with Crippen LogP contribution in [-0.4, -0.2) is 14.6 Å². The molecule has 4 nitrogen and oxygen atoms in total. The zero-order chi connectivity index (χ0) is 9.60. The van der Waals surface area contributed by atoms with Crippen LogP contribution < -0.4 is 0 Å². The molecule has 0 N–H and O–H groups in total. The van der Waals surface area contributed by atoms with Gasteiger partial charge in [-0.3, -0.25) is 4.98 Å². The van der Waals surface area contributed by atoms with Crippen molar-refractivity contribution in [2.75, 3.05) is 0 Å². The molecular weight excluding hydrogens is 176 g/mol. The highest BCUT2D eigenvalue weighted by molar-refractivity contribution is 5.57.